The first-order valence-electron chi connectivity index (χ1n) is 5.84. The molecule has 0 bridgehead atoms. The summed E-state index contributed by atoms with van der Waals surface area (Å²) in [5.74, 6) is -0.0487. The summed E-state index contributed by atoms with van der Waals surface area (Å²) in [5.41, 5.74) is 1.85. The molecule has 0 atom stereocenters. The van der Waals surface area contributed by atoms with E-state index in [0.29, 0.717) is 0 Å². The van der Waals surface area contributed by atoms with Gasteiger partial charge in [0.15, 0.2) is 0 Å². The molecule has 0 heterocycles. The highest BCUT2D eigenvalue weighted by molar-refractivity contribution is 6.01. The third-order valence-electron chi connectivity index (χ3n) is 3.16. The molecule has 2 rings (SSSR count). The number of quaternary nitrogens is 1. The molecule has 0 aliphatic carbocycles. The lowest BCUT2D eigenvalue weighted by Gasteiger charge is -2.29. The number of para-hydroxylation sites is 2. The predicted octanol–water partition coefficient (Wildman–Crippen LogP) is 3.67. The van der Waals surface area contributed by atoms with Crippen LogP contribution in [0.3, 0.4) is 0 Å². The zero-order valence-corrected chi connectivity index (χ0v) is 10.4. The predicted molar refractivity (Wildman–Crippen MR) is 75.5 cm³/mol. The van der Waals surface area contributed by atoms with Crippen molar-refractivity contribution in [3.63, 3.8) is 0 Å². The molecule has 0 aliphatic rings. The zero-order chi connectivity index (χ0) is 13.0. The maximum absolute atomic E-state index is 12.3. The summed E-state index contributed by atoms with van der Waals surface area (Å²) in [6, 6.07) is 19.4. The van der Waals surface area contributed by atoms with Crippen LogP contribution in [0.2, 0.25) is 0 Å². The Bertz CT molecular complexity index is 506. The van der Waals surface area contributed by atoms with Crippen LogP contribution in [0.5, 0.6) is 0 Å². The van der Waals surface area contributed by atoms with Crippen LogP contribution < -0.4 is 4.48 Å². The summed E-state index contributed by atoms with van der Waals surface area (Å²) in [6.07, 6.45) is 1.38. The van der Waals surface area contributed by atoms with Crippen molar-refractivity contribution >= 4 is 17.3 Å². The van der Waals surface area contributed by atoms with Crippen LogP contribution in [0.25, 0.3) is 0 Å². The topological polar surface area (TPSA) is 17.1 Å². The highest BCUT2D eigenvalue weighted by Crippen LogP contribution is 2.32. The van der Waals surface area contributed by atoms with E-state index in [0.717, 1.165) is 11.4 Å². The first kappa shape index (κ1) is 12.3. The van der Waals surface area contributed by atoms with Gasteiger partial charge in [-0.2, -0.15) is 4.48 Å². The Labute approximate surface area is 107 Å². The number of nitrogens with zero attached hydrogens (tertiary/aromatic N) is 1. The van der Waals surface area contributed by atoms with E-state index in [9.17, 15) is 4.79 Å². The molecule has 0 aromatic heterocycles. The highest BCUT2D eigenvalue weighted by atomic mass is 16.2. The first-order chi connectivity index (χ1) is 8.69. The molecule has 0 spiro atoms. The fraction of sp³-hybridized carbons (Fsp3) is 0.0625. The van der Waals surface area contributed by atoms with Gasteiger partial charge in [0.2, 0.25) is 0 Å². The Morgan fingerprint density at radius 1 is 0.944 bits per heavy atom. The van der Waals surface area contributed by atoms with E-state index < -0.39 is 0 Å². The molecule has 2 nitrogen and oxygen atoms in total. The van der Waals surface area contributed by atoms with Crippen molar-refractivity contribution < 1.29 is 4.79 Å². The standard InChI is InChI=1S/C16H16NO/c1-3-16(18)17(2,14-10-6-4-7-11-14)15-12-8-5-9-13-15/h3-13H,1H2,2H3/q+1. The van der Waals surface area contributed by atoms with Crippen molar-refractivity contribution in [3.8, 4) is 0 Å². The maximum Gasteiger partial charge on any atom is 0.347 e. The van der Waals surface area contributed by atoms with Gasteiger partial charge in [-0.25, -0.2) is 4.79 Å². The number of likely N-dealkylation sites (N-methyl/N-ethyl adjacent to an activating group) is 1. The van der Waals surface area contributed by atoms with Gasteiger partial charge < -0.3 is 0 Å². The second-order valence-corrected chi connectivity index (χ2v) is 4.22. The van der Waals surface area contributed by atoms with E-state index in [-0.39, 0.29) is 10.4 Å². The smallest absolute Gasteiger partial charge is 0.225 e. The van der Waals surface area contributed by atoms with E-state index in [4.69, 9.17) is 0 Å². The third kappa shape index (κ3) is 1.98. The molecule has 0 saturated carbocycles. The van der Waals surface area contributed by atoms with Gasteiger partial charge in [0.05, 0.1) is 7.05 Å². The Kier molecular flexibility index (Phi) is 3.40. The lowest BCUT2D eigenvalue weighted by atomic mass is 10.2. The normalized spacial score (nSPS) is 10.9. The first-order valence-corrected chi connectivity index (χ1v) is 5.84. The average Bonchev–Trinajstić information content (AvgIpc) is 2.47. The molecule has 0 unspecified atom stereocenters. The summed E-state index contributed by atoms with van der Waals surface area (Å²) in [6.45, 7) is 3.61. The largest absolute Gasteiger partial charge is 0.347 e. The van der Waals surface area contributed by atoms with Gasteiger partial charge in [0, 0.05) is 30.3 Å². The second kappa shape index (κ2) is 4.98. The van der Waals surface area contributed by atoms with Gasteiger partial charge in [-0.1, -0.05) is 43.0 Å². The van der Waals surface area contributed by atoms with Gasteiger partial charge in [-0.15, -0.1) is 0 Å². The molecule has 2 heteroatoms. The van der Waals surface area contributed by atoms with Crippen LogP contribution >= 0.6 is 0 Å². The summed E-state index contributed by atoms with van der Waals surface area (Å²) < 4.78 is 0.102. The number of carbonyl (C=O) groups is 1. The van der Waals surface area contributed by atoms with Crippen LogP contribution in [0.1, 0.15) is 0 Å². The van der Waals surface area contributed by atoms with Crippen LogP contribution in [0.4, 0.5) is 11.4 Å². The molecule has 0 fully saturated rings. The lowest BCUT2D eigenvalue weighted by molar-refractivity contribution is -0.121. The van der Waals surface area contributed by atoms with E-state index in [1.54, 1.807) is 0 Å². The molecule has 0 aliphatic heterocycles. The zero-order valence-electron chi connectivity index (χ0n) is 10.4. The SMILES string of the molecule is C=CC(=O)[N+](C)(c1ccccc1)c1ccccc1. The molecule has 0 saturated heterocycles. The summed E-state index contributed by atoms with van der Waals surface area (Å²) >= 11 is 0. The summed E-state index contributed by atoms with van der Waals surface area (Å²) in [7, 11) is 1.88. The van der Waals surface area contributed by atoms with Crippen molar-refractivity contribution in [2.75, 3.05) is 7.05 Å². The molecule has 18 heavy (non-hydrogen) atoms. The van der Waals surface area contributed by atoms with Gasteiger partial charge in [-0.3, -0.25) is 0 Å². The lowest BCUT2D eigenvalue weighted by Crippen LogP contribution is -2.44. The molecule has 90 valence electrons. The maximum atomic E-state index is 12.3. The van der Waals surface area contributed by atoms with Crippen LogP contribution in [-0.4, -0.2) is 13.0 Å². The second-order valence-electron chi connectivity index (χ2n) is 4.22. The van der Waals surface area contributed by atoms with E-state index in [1.807, 2.05) is 67.7 Å². The minimum Gasteiger partial charge on any atom is -0.225 e. The molecule has 1 amide bonds. The number of carbonyl (C=O) groups excluding carboxylic acids is 1. The fourth-order valence-corrected chi connectivity index (χ4v) is 2.04. The fourth-order valence-electron chi connectivity index (χ4n) is 2.04. The minimum absolute atomic E-state index is 0.0487. The van der Waals surface area contributed by atoms with Crippen LogP contribution in [-0.2, 0) is 4.79 Å². The number of hydrogen-bond acceptors (Lipinski definition) is 1. The number of benzene rings is 2. The molecule has 2 aromatic rings. The Balaban J connectivity index is 2.62. The van der Waals surface area contributed by atoms with Crippen molar-refractivity contribution in [1.29, 1.82) is 0 Å². The molecular formula is C16H16NO+. The van der Waals surface area contributed by atoms with Crippen molar-refractivity contribution in [2.45, 2.75) is 0 Å². The van der Waals surface area contributed by atoms with Crippen molar-refractivity contribution in [2.24, 2.45) is 0 Å². The van der Waals surface area contributed by atoms with Crippen LogP contribution in [0, 0.1) is 0 Å². The quantitative estimate of drug-likeness (QED) is 0.589. The summed E-state index contributed by atoms with van der Waals surface area (Å²) in [5, 5.41) is 0. The average molecular weight is 238 g/mol. The molecule has 0 radical (unpaired) electrons. The Morgan fingerprint density at radius 2 is 1.33 bits per heavy atom. The third-order valence-corrected chi connectivity index (χ3v) is 3.16. The minimum atomic E-state index is -0.0487. The van der Waals surface area contributed by atoms with E-state index in [1.165, 1.54) is 6.08 Å². The number of hydrogen-bond donors (Lipinski definition) is 0. The molecular weight excluding hydrogens is 222 g/mol. The van der Waals surface area contributed by atoms with E-state index >= 15 is 0 Å². The Hall–Kier alpha value is -2.19. The number of rotatable bonds is 3. The summed E-state index contributed by atoms with van der Waals surface area (Å²) in [4.78, 5) is 12.3. The Morgan fingerprint density at radius 3 is 1.67 bits per heavy atom. The highest BCUT2D eigenvalue weighted by Gasteiger charge is 2.34. The molecule has 0 N–H and O–H groups in total. The van der Waals surface area contributed by atoms with Crippen molar-refractivity contribution in [3.05, 3.63) is 73.3 Å². The van der Waals surface area contributed by atoms with Gasteiger partial charge in [0.25, 0.3) is 0 Å². The van der Waals surface area contributed by atoms with Crippen LogP contribution in [0.15, 0.2) is 73.3 Å². The van der Waals surface area contributed by atoms with Gasteiger partial charge in [-0.05, 0) is 0 Å². The van der Waals surface area contributed by atoms with Gasteiger partial charge >= 0.3 is 5.91 Å². The van der Waals surface area contributed by atoms with Crippen molar-refractivity contribution in [1.82, 2.24) is 4.48 Å². The van der Waals surface area contributed by atoms with Gasteiger partial charge in [0.1, 0.15) is 11.4 Å². The molecule has 2 aromatic carbocycles. The monoisotopic (exact) mass is 238 g/mol. The number of amides is 1. The van der Waals surface area contributed by atoms with E-state index in [2.05, 4.69) is 6.58 Å².